The highest BCUT2D eigenvalue weighted by atomic mass is 35.5. The molecule has 0 saturated carbocycles. The Balaban J connectivity index is 0.000000980. The molecule has 2 rings (SSSR count). The fourth-order valence-electron chi connectivity index (χ4n) is 1.63. The van der Waals surface area contributed by atoms with Gasteiger partial charge in [0.2, 0.25) is 0 Å². The summed E-state index contributed by atoms with van der Waals surface area (Å²) in [6, 6.07) is 5.82. The van der Waals surface area contributed by atoms with E-state index in [4.69, 9.17) is 5.73 Å². The Bertz CT molecular complexity index is 313. The summed E-state index contributed by atoms with van der Waals surface area (Å²) >= 11 is 0. The van der Waals surface area contributed by atoms with E-state index in [1.807, 2.05) is 18.2 Å². The van der Waals surface area contributed by atoms with Gasteiger partial charge in [-0.2, -0.15) is 0 Å². The zero-order chi connectivity index (χ0) is 9.10. The maximum Gasteiger partial charge on any atom is 0.293 e. The predicted molar refractivity (Wildman–Crippen MR) is 51.8 cm³/mol. The Hall–Kier alpha value is -1.09. The van der Waals surface area contributed by atoms with E-state index in [0.29, 0.717) is 0 Å². The van der Waals surface area contributed by atoms with Crippen molar-refractivity contribution in [2.45, 2.75) is 12.8 Å². The molecule has 1 aromatic heterocycles. The van der Waals surface area contributed by atoms with Gasteiger partial charge < -0.3 is 12.4 Å². The molecule has 1 fully saturated rings. The molecule has 2 N–H and O–H groups in total. The van der Waals surface area contributed by atoms with Crippen LogP contribution in [0.1, 0.15) is 18.5 Å². The highest BCUT2D eigenvalue weighted by molar-refractivity contribution is 5.91. The summed E-state index contributed by atoms with van der Waals surface area (Å²) in [5.41, 5.74) is 6.87. The van der Waals surface area contributed by atoms with Gasteiger partial charge in [-0.05, 0) is 25.0 Å². The minimum absolute atomic E-state index is 0. The molecule has 1 aromatic rings. The first kappa shape index (κ1) is 11.0. The summed E-state index contributed by atoms with van der Waals surface area (Å²) < 4.78 is 2.20. The van der Waals surface area contributed by atoms with Crippen LogP contribution in [0.4, 0.5) is 0 Å². The van der Waals surface area contributed by atoms with E-state index in [2.05, 4.69) is 9.56 Å². The summed E-state index contributed by atoms with van der Waals surface area (Å²) in [6.45, 7) is 2.14. The Morgan fingerprint density at radius 2 is 2.00 bits per heavy atom. The van der Waals surface area contributed by atoms with Crippen LogP contribution in [0, 0.1) is 0 Å². The molecule has 0 unspecified atom stereocenters. The van der Waals surface area contributed by atoms with Crippen LogP contribution in [-0.2, 0) is 0 Å². The van der Waals surface area contributed by atoms with Crippen LogP contribution in [0.2, 0.25) is 0 Å². The van der Waals surface area contributed by atoms with Gasteiger partial charge >= 0.3 is 0 Å². The lowest BCUT2D eigenvalue weighted by molar-refractivity contribution is -0.506. The van der Waals surface area contributed by atoms with Gasteiger partial charge in [0.15, 0.2) is 5.69 Å². The lowest BCUT2D eigenvalue weighted by atomic mass is 10.3. The zero-order valence-corrected chi connectivity index (χ0v) is 8.74. The van der Waals surface area contributed by atoms with Crippen molar-refractivity contribution in [3.63, 3.8) is 0 Å². The Morgan fingerprint density at radius 1 is 1.29 bits per heavy atom. The van der Waals surface area contributed by atoms with Crippen molar-refractivity contribution in [2.24, 2.45) is 5.73 Å². The Morgan fingerprint density at radius 3 is 2.57 bits per heavy atom. The van der Waals surface area contributed by atoms with E-state index in [0.717, 1.165) is 24.6 Å². The third-order valence-electron chi connectivity index (χ3n) is 2.37. The van der Waals surface area contributed by atoms with E-state index in [1.54, 1.807) is 6.20 Å². The normalized spacial score (nSPS) is 15.0. The van der Waals surface area contributed by atoms with Gasteiger partial charge in [0.25, 0.3) is 5.84 Å². The number of amidine groups is 1. The van der Waals surface area contributed by atoms with Crippen LogP contribution in [0.25, 0.3) is 0 Å². The first-order valence-electron chi connectivity index (χ1n) is 4.67. The van der Waals surface area contributed by atoms with E-state index in [1.165, 1.54) is 12.8 Å². The molecule has 1 saturated heterocycles. The fourth-order valence-corrected chi connectivity index (χ4v) is 1.63. The number of pyridine rings is 1. The van der Waals surface area contributed by atoms with Crippen molar-refractivity contribution in [3.05, 3.63) is 30.1 Å². The number of hydrogen-bond acceptors (Lipinski definition) is 1. The average molecular weight is 212 g/mol. The van der Waals surface area contributed by atoms with E-state index in [9.17, 15) is 0 Å². The van der Waals surface area contributed by atoms with E-state index >= 15 is 0 Å². The second kappa shape index (κ2) is 4.96. The van der Waals surface area contributed by atoms with Gasteiger partial charge in [-0.3, -0.25) is 10.3 Å². The van der Waals surface area contributed by atoms with Crippen LogP contribution in [0.15, 0.2) is 24.4 Å². The lowest BCUT2D eigenvalue weighted by Gasteiger charge is -2.00. The van der Waals surface area contributed by atoms with Crippen LogP contribution < -0.4 is 18.1 Å². The van der Waals surface area contributed by atoms with Crippen molar-refractivity contribution in [2.75, 3.05) is 13.1 Å². The SMILES string of the molecule is NC(c1ccccn1)=[N+]1CCCC1.[Cl-]. The van der Waals surface area contributed by atoms with Gasteiger partial charge in [0.1, 0.15) is 0 Å². The molecule has 14 heavy (non-hydrogen) atoms. The van der Waals surface area contributed by atoms with Gasteiger partial charge in [0.05, 0.1) is 13.1 Å². The van der Waals surface area contributed by atoms with Crippen molar-refractivity contribution in [1.82, 2.24) is 4.98 Å². The zero-order valence-electron chi connectivity index (χ0n) is 7.99. The molecule has 3 nitrogen and oxygen atoms in total. The molecule has 0 spiro atoms. The van der Waals surface area contributed by atoms with E-state index < -0.39 is 0 Å². The second-order valence-corrected chi connectivity index (χ2v) is 3.29. The number of nitrogens with two attached hydrogens (primary N) is 1. The Kier molecular flexibility index (Phi) is 3.89. The maximum atomic E-state index is 5.98. The molecule has 0 aliphatic carbocycles. The molecule has 0 amide bonds. The summed E-state index contributed by atoms with van der Waals surface area (Å²) in [7, 11) is 0. The lowest BCUT2D eigenvalue weighted by Crippen LogP contribution is -3.00. The van der Waals surface area contributed by atoms with Gasteiger partial charge in [0, 0.05) is 6.20 Å². The van der Waals surface area contributed by atoms with Crippen molar-refractivity contribution < 1.29 is 17.0 Å². The van der Waals surface area contributed by atoms with Crippen LogP contribution in [-0.4, -0.2) is 28.5 Å². The molecule has 0 radical (unpaired) electrons. The number of aromatic nitrogens is 1. The first-order valence-corrected chi connectivity index (χ1v) is 4.67. The third kappa shape index (κ3) is 2.23. The molecule has 76 valence electrons. The number of halogens is 1. The summed E-state index contributed by atoms with van der Waals surface area (Å²) in [4.78, 5) is 4.22. The molecule has 1 aliphatic heterocycles. The molecule has 0 atom stereocenters. The first-order chi connectivity index (χ1) is 6.38. The van der Waals surface area contributed by atoms with Gasteiger partial charge in [-0.1, -0.05) is 6.07 Å². The van der Waals surface area contributed by atoms with Crippen molar-refractivity contribution in [1.29, 1.82) is 0 Å². The highest BCUT2D eigenvalue weighted by Crippen LogP contribution is 2.03. The van der Waals surface area contributed by atoms with Crippen LogP contribution in [0.3, 0.4) is 0 Å². The predicted octanol–water partition coefficient (Wildman–Crippen LogP) is -2.40. The monoisotopic (exact) mass is 211 g/mol. The Labute approximate surface area is 90.1 Å². The number of rotatable bonds is 1. The summed E-state index contributed by atoms with van der Waals surface area (Å²) in [5.74, 6) is 0.818. The molecule has 4 heteroatoms. The van der Waals surface area contributed by atoms with Gasteiger partial charge in [-0.15, -0.1) is 0 Å². The maximum absolute atomic E-state index is 5.98. The van der Waals surface area contributed by atoms with Crippen LogP contribution >= 0.6 is 0 Å². The number of nitrogens with zero attached hydrogens (tertiary/aromatic N) is 2. The molecule has 0 aromatic carbocycles. The summed E-state index contributed by atoms with van der Waals surface area (Å²) in [5, 5.41) is 0. The van der Waals surface area contributed by atoms with Crippen molar-refractivity contribution >= 4 is 5.84 Å². The minimum atomic E-state index is 0. The average Bonchev–Trinajstić information content (AvgIpc) is 2.71. The largest absolute Gasteiger partial charge is 1.00 e. The topological polar surface area (TPSA) is 41.9 Å². The third-order valence-corrected chi connectivity index (χ3v) is 2.37. The summed E-state index contributed by atoms with van der Waals surface area (Å²) in [6.07, 6.45) is 4.26. The minimum Gasteiger partial charge on any atom is -1.00 e. The molecule has 0 bridgehead atoms. The van der Waals surface area contributed by atoms with E-state index in [-0.39, 0.29) is 12.4 Å². The smallest absolute Gasteiger partial charge is 0.293 e. The fraction of sp³-hybridized carbons (Fsp3) is 0.400. The number of hydrogen-bond donors (Lipinski definition) is 1. The van der Waals surface area contributed by atoms with Crippen LogP contribution in [0.5, 0.6) is 0 Å². The molecule has 2 heterocycles. The molecular formula is C10H14ClN3. The van der Waals surface area contributed by atoms with Gasteiger partial charge in [-0.25, -0.2) is 4.98 Å². The quantitative estimate of drug-likeness (QED) is 0.416. The molecular weight excluding hydrogens is 198 g/mol. The second-order valence-electron chi connectivity index (χ2n) is 3.29. The molecule has 1 aliphatic rings. The highest BCUT2D eigenvalue weighted by Gasteiger charge is 2.16. The van der Waals surface area contributed by atoms with Crippen molar-refractivity contribution in [3.8, 4) is 0 Å². The standard InChI is InChI=1S/C10H13N3.ClH/c11-10(13-7-3-4-8-13)9-5-1-2-6-12-9;/h1-2,5-6,11H,3-4,7-8H2;1H.